The van der Waals surface area contributed by atoms with Crippen molar-refractivity contribution in [2.24, 2.45) is 11.7 Å². The summed E-state index contributed by atoms with van der Waals surface area (Å²) in [5.74, 6) is -0.373. The number of nitrogens with two attached hydrogens (primary N) is 1. The lowest BCUT2D eigenvalue weighted by Crippen LogP contribution is -2.53. The number of amides is 2. The van der Waals surface area contributed by atoms with Crippen molar-refractivity contribution in [2.75, 3.05) is 19.6 Å². The Labute approximate surface area is 147 Å². The van der Waals surface area contributed by atoms with Gasteiger partial charge in [0.1, 0.15) is 5.82 Å². The molecule has 1 saturated carbocycles. The number of carbonyl (C=O) groups is 2. The molecule has 7 heteroatoms. The van der Waals surface area contributed by atoms with Crippen molar-refractivity contribution >= 4 is 24.2 Å². The van der Waals surface area contributed by atoms with Crippen molar-refractivity contribution in [1.29, 1.82) is 0 Å². The molecule has 24 heavy (non-hydrogen) atoms. The molecule has 2 fully saturated rings. The van der Waals surface area contributed by atoms with E-state index < -0.39 is 0 Å². The lowest BCUT2D eigenvalue weighted by atomic mass is 10.1. The van der Waals surface area contributed by atoms with Gasteiger partial charge in [-0.2, -0.15) is 0 Å². The highest BCUT2D eigenvalue weighted by atomic mass is 35.5. The predicted octanol–water partition coefficient (Wildman–Crippen LogP) is 1.55. The van der Waals surface area contributed by atoms with E-state index in [9.17, 15) is 14.0 Å². The van der Waals surface area contributed by atoms with Gasteiger partial charge in [0, 0.05) is 31.6 Å². The van der Waals surface area contributed by atoms with Crippen molar-refractivity contribution in [3.05, 3.63) is 35.6 Å². The van der Waals surface area contributed by atoms with Crippen LogP contribution in [0.4, 0.5) is 4.39 Å². The molecule has 2 amide bonds. The van der Waals surface area contributed by atoms with Crippen LogP contribution >= 0.6 is 12.4 Å². The number of piperazine rings is 1. The Balaban J connectivity index is 0.00000208. The highest BCUT2D eigenvalue weighted by Crippen LogP contribution is 2.26. The normalized spacial score (nSPS) is 24.0. The molecule has 1 aromatic carbocycles. The fourth-order valence-corrected chi connectivity index (χ4v) is 3.42. The first-order valence-corrected chi connectivity index (χ1v) is 8.09. The molecule has 0 spiro atoms. The zero-order valence-electron chi connectivity index (χ0n) is 13.5. The molecule has 2 unspecified atom stereocenters. The number of benzene rings is 1. The van der Waals surface area contributed by atoms with Gasteiger partial charge < -0.3 is 15.5 Å². The van der Waals surface area contributed by atoms with Gasteiger partial charge in [-0.1, -0.05) is 12.1 Å². The molecular weight excluding hydrogens is 333 g/mol. The molecule has 0 bridgehead atoms. The average molecular weight is 356 g/mol. The number of nitrogens with zero attached hydrogens (tertiary/aromatic N) is 2. The standard InChI is InChI=1S/C17H22FN3O2.ClH/c18-14-3-1-2-12(8-14)10-20-6-7-21(11-16(20)22)17(23)13-4-5-15(19)9-13;/h1-3,8,13,15H,4-7,9-11,19H2;1H. The zero-order valence-corrected chi connectivity index (χ0v) is 14.3. The van der Waals surface area contributed by atoms with Crippen LogP contribution in [0.1, 0.15) is 24.8 Å². The minimum absolute atomic E-state index is 0. The molecule has 2 atom stereocenters. The first kappa shape index (κ1) is 18.7. The van der Waals surface area contributed by atoms with Crippen molar-refractivity contribution in [3.63, 3.8) is 0 Å². The second-order valence-corrected chi connectivity index (χ2v) is 6.48. The average Bonchev–Trinajstić information content (AvgIpc) is 2.95. The molecule has 5 nitrogen and oxygen atoms in total. The third-order valence-corrected chi connectivity index (χ3v) is 4.72. The van der Waals surface area contributed by atoms with Crippen LogP contribution in [0, 0.1) is 11.7 Å². The molecule has 1 aliphatic heterocycles. The largest absolute Gasteiger partial charge is 0.335 e. The molecule has 0 aromatic heterocycles. The molecule has 1 aliphatic carbocycles. The van der Waals surface area contributed by atoms with Gasteiger partial charge in [0.05, 0.1) is 6.54 Å². The van der Waals surface area contributed by atoms with E-state index in [4.69, 9.17) is 5.73 Å². The molecule has 1 saturated heterocycles. The SMILES string of the molecule is Cl.NC1CCC(C(=O)N2CCN(Cc3cccc(F)c3)C(=O)C2)C1. The Bertz CT molecular complexity index is 613. The summed E-state index contributed by atoms with van der Waals surface area (Å²) in [6.07, 6.45) is 2.41. The van der Waals surface area contributed by atoms with Crippen LogP contribution in [0.2, 0.25) is 0 Å². The molecule has 1 heterocycles. The molecule has 3 rings (SSSR count). The van der Waals surface area contributed by atoms with E-state index in [0.29, 0.717) is 19.6 Å². The third-order valence-electron chi connectivity index (χ3n) is 4.72. The van der Waals surface area contributed by atoms with Gasteiger partial charge in [-0.25, -0.2) is 4.39 Å². The van der Waals surface area contributed by atoms with E-state index in [0.717, 1.165) is 24.8 Å². The summed E-state index contributed by atoms with van der Waals surface area (Å²) in [4.78, 5) is 28.1. The molecular formula is C17H23ClFN3O2. The predicted molar refractivity (Wildman–Crippen MR) is 91.0 cm³/mol. The van der Waals surface area contributed by atoms with Crippen LogP contribution in [-0.2, 0) is 16.1 Å². The molecule has 1 aromatic rings. The van der Waals surface area contributed by atoms with Gasteiger partial charge in [-0.3, -0.25) is 9.59 Å². The van der Waals surface area contributed by atoms with E-state index in [2.05, 4.69) is 0 Å². The maximum Gasteiger partial charge on any atom is 0.242 e. The van der Waals surface area contributed by atoms with Crippen LogP contribution in [0.5, 0.6) is 0 Å². The summed E-state index contributed by atoms with van der Waals surface area (Å²) < 4.78 is 13.2. The fourth-order valence-electron chi connectivity index (χ4n) is 3.42. The topological polar surface area (TPSA) is 66.6 Å². The van der Waals surface area contributed by atoms with Crippen molar-refractivity contribution in [2.45, 2.75) is 31.8 Å². The van der Waals surface area contributed by atoms with Crippen molar-refractivity contribution in [3.8, 4) is 0 Å². The Kier molecular flexibility index (Phi) is 6.18. The van der Waals surface area contributed by atoms with Crippen LogP contribution in [0.3, 0.4) is 0 Å². The smallest absolute Gasteiger partial charge is 0.242 e. The summed E-state index contributed by atoms with van der Waals surface area (Å²) >= 11 is 0. The Hall–Kier alpha value is -1.66. The Morgan fingerprint density at radius 2 is 2.08 bits per heavy atom. The lowest BCUT2D eigenvalue weighted by molar-refractivity contribution is -0.147. The van der Waals surface area contributed by atoms with E-state index in [-0.39, 0.29) is 48.5 Å². The number of rotatable bonds is 3. The molecule has 132 valence electrons. The number of hydrogen-bond donors (Lipinski definition) is 1. The van der Waals surface area contributed by atoms with Gasteiger partial charge in [0.2, 0.25) is 11.8 Å². The highest BCUT2D eigenvalue weighted by molar-refractivity contribution is 5.87. The molecule has 2 N–H and O–H groups in total. The van der Waals surface area contributed by atoms with Crippen LogP contribution in [0.25, 0.3) is 0 Å². The van der Waals surface area contributed by atoms with Crippen LogP contribution in [0.15, 0.2) is 24.3 Å². The third kappa shape index (κ3) is 4.24. The van der Waals surface area contributed by atoms with Crippen molar-refractivity contribution < 1.29 is 14.0 Å². The molecule has 0 radical (unpaired) electrons. The number of halogens is 2. The second-order valence-electron chi connectivity index (χ2n) is 6.48. The number of hydrogen-bond acceptors (Lipinski definition) is 3. The van der Waals surface area contributed by atoms with Crippen LogP contribution in [-0.4, -0.2) is 47.3 Å². The Morgan fingerprint density at radius 1 is 1.29 bits per heavy atom. The fraction of sp³-hybridized carbons (Fsp3) is 0.529. The van der Waals surface area contributed by atoms with E-state index in [1.165, 1.54) is 12.1 Å². The van der Waals surface area contributed by atoms with Crippen molar-refractivity contribution in [1.82, 2.24) is 9.80 Å². The lowest BCUT2D eigenvalue weighted by Gasteiger charge is -2.35. The summed E-state index contributed by atoms with van der Waals surface area (Å²) in [5.41, 5.74) is 6.63. The van der Waals surface area contributed by atoms with Crippen LogP contribution < -0.4 is 5.73 Å². The summed E-state index contributed by atoms with van der Waals surface area (Å²) in [6, 6.07) is 6.36. The summed E-state index contributed by atoms with van der Waals surface area (Å²) in [7, 11) is 0. The van der Waals surface area contributed by atoms with Gasteiger partial charge in [0.15, 0.2) is 0 Å². The monoisotopic (exact) mass is 355 g/mol. The minimum atomic E-state index is -0.304. The maximum atomic E-state index is 13.2. The van der Waals surface area contributed by atoms with Gasteiger partial charge in [-0.15, -0.1) is 12.4 Å². The zero-order chi connectivity index (χ0) is 16.4. The summed E-state index contributed by atoms with van der Waals surface area (Å²) in [5, 5.41) is 0. The maximum absolute atomic E-state index is 13.2. The first-order valence-electron chi connectivity index (χ1n) is 8.09. The van der Waals surface area contributed by atoms with E-state index >= 15 is 0 Å². The minimum Gasteiger partial charge on any atom is -0.335 e. The van der Waals surface area contributed by atoms with Gasteiger partial charge in [-0.05, 0) is 37.0 Å². The van der Waals surface area contributed by atoms with E-state index in [1.54, 1.807) is 21.9 Å². The highest BCUT2D eigenvalue weighted by Gasteiger charge is 2.34. The quantitative estimate of drug-likeness (QED) is 0.894. The van der Waals surface area contributed by atoms with Gasteiger partial charge >= 0.3 is 0 Å². The summed E-state index contributed by atoms with van der Waals surface area (Å²) in [6.45, 7) is 1.51. The van der Waals surface area contributed by atoms with Gasteiger partial charge in [0.25, 0.3) is 0 Å². The first-order chi connectivity index (χ1) is 11.0. The molecule has 2 aliphatic rings. The number of carbonyl (C=O) groups excluding carboxylic acids is 2. The second kappa shape index (κ2) is 7.94. The van der Waals surface area contributed by atoms with E-state index in [1.807, 2.05) is 0 Å². The Morgan fingerprint density at radius 3 is 2.71 bits per heavy atom.